The van der Waals surface area contributed by atoms with Crippen molar-refractivity contribution >= 4 is 34.2 Å². The molecule has 4 aromatic rings. The molecule has 7 heteroatoms. The molecule has 1 aromatic carbocycles. The van der Waals surface area contributed by atoms with Crippen molar-refractivity contribution in [3.8, 4) is 0 Å². The molecule has 118 valence electrons. The first kappa shape index (κ1) is 14.3. The van der Waals surface area contributed by atoms with Crippen molar-refractivity contribution in [3.05, 3.63) is 53.3 Å². The molecule has 0 saturated heterocycles. The van der Waals surface area contributed by atoms with E-state index in [-0.39, 0.29) is 0 Å². The minimum Gasteiger partial charge on any atom is -0.338 e. The van der Waals surface area contributed by atoms with Crippen LogP contribution in [0.2, 0.25) is 0 Å². The smallest absolute Gasteiger partial charge is 0.265 e. The fourth-order valence-corrected chi connectivity index (χ4v) is 2.52. The standard InChI is InChI=1S/C17H15N7/c1-10-6-7-14-13(8-10)15-16(20-14)21-17(24-22-15)23-18-9-12-5-3-4-11(2)19-12/h3-9H,1-2H3,(H2,20,21,23,24)/b18-9+. The van der Waals surface area contributed by atoms with Gasteiger partial charge in [-0.2, -0.15) is 10.1 Å². The molecule has 3 aromatic heterocycles. The van der Waals surface area contributed by atoms with E-state index < -0.39 is 0 Å². The van der Waals surface area contributed by atoms with Crippen LogP contribution in [0.15, 0.2) is 41.5 Å². The largest absolute Gasteiger partial charge is 0.338 e. The van der Waals surface area contributed by atoms with Crippen LogP contribution < -0.4 is 5.43 Å². The van der Waals surface area contributed by atoms with Crippen LogP contribution in [-0.2, 0) is 0 Å². The quantitative estimate of drug-likeness (QED) is 0.448. The Morgan fingerprint density at radius 3 is 2.88 bits per heavy atom. The van der Waals surface area contributed by atoms with E-state index in [2.05, 4.69) is 41.7 Å². The van der Waals surface area contributed by atoms with Gasteiger partial charge in [0.1, 0.15) is 5.52 Å². The number of nitrogens with zero attached hydrogens (tertiary/aromatic N) is 5. The molecule has 0 aliphatic heterocycles. The lowest BCUT2D eigenvalue weighted by Crippen LogP contribution is -1.99. The van der Waals surface area contributed by atoms with Gasteiger partial charge < -0.3 is 4.98 Å². The summed E-state index contributed by atoms with van der Waals surface area (Å²) in [6.45, 7) is 3.98. The molecule has 0 unspecified atom stereocenters. The molecule has 0 fully saturated rings. The normalized spacial score (nSPS) is 11.6. The number of rotatable bonds is 3. The Morgan fingerprint density at radius 2 is 2.00 bits per heavy atom. The second-order valence-electron chi connectivity index (χ2n) is 5.58. The number of hydrogen-bond donors (Lipinski definition) is 2. The number of nitrogens with one attached hydrogen (secondary N) is 2. The molecule has 0 amide bonds. The van der Waals surface area contributed by atoms with Gasteiger partial charge in [-0.25, -0.2) is 5.43 Å². The van der Waals surface area contributed by atoms with Crippen LogP contribution in [0.1, 0.15) is 17.0 Å². The van der Waals surface area contributed by atoms with Crippen molar-refractivity contribution in [3.63, 3.8) is 0 Å². The van der Waals surface area contributed by atoms with Crippen LogP contribution in [0.25, 0.3) is 22.1 Å². The molecule has 4 rings (SSSR count). The van der Waals surface area contributed by atoms with Gasteiger partial charge in [0, 0.05) is 16.6 Å². The number of hydrazone groups is 1. The summed E-state index contributed by atoms with van der Waals surface area (Å²) < 4.78 is 0. The summed E-state index contributed by atoms with van der Waals surface area (Å²) >= 11 is 0. The van der Waals surface area contributed by atoms with Gasteiger partial charge in [-0.3, -0.25) is 4.98 Å². The summed E-state index contributed by atoms with van der Waals surface area (Å²) in [5.74, 6) is 0.328. The third-order valence-corrected chi connectivity index (χ3v) is 3.64. The zero-order valence-electron chi connectivity index (χ0n) is 13.3. The molecule has 0 saturated carbocycles. The average Bonchev–Trinajstić information content (AvgIpc) is 2.92. The van der Waals surface area contributed by atoms with Crippen molar-refractivity contribution < 1.29 is 0 Å². The first-order chi connectivity index (χ1) is 11.7. The monoisotopic (exact) mass is 317 g/mol. The van der Waals surface area contributed by atoms with Gasteiger partial charge in [-0.1, -0.05) is 17.7 Å². The highest BCUT2D eigenvalue weighted by Crippen LogP contribution is 2.23. The maximum atomic E-state index is 4.42. The van der Waals surface area contributed by atoms with Crippen LogP contribution in [0.4, 0.5) is 5.95 Å². The van der Waals surface area contributed by atoms with Crippen molar-refractivity contribution in [1.82, 2.24) is 25.1 Å². The lowest BCUT2D eigenvalue weighted by molar-refractivity contribution is 1.01. The Bertz CT molecular complexity index is 1070. The first-order valence-corrected chi connectivity index (χ1v) is 7.54. The third-order valence-electron chi connectivity index (χ3n) is 3.64. The lowest BCUT2D eigenvalue weighted by Gasteiger charge is -1.97. The number of aromatic amines is 1. The van der Waals surface area contributed by atoms with Gasteiger partial charge in [0.05, 0.1) is 11.9 Å². The third kappa shape index (κ3) is 2.67. The minimum absolute atomic E-state index is 0.328. The molecule has 0 atom stereocenters. The van der Waals surface area contributed by atoms with Crippen LogP contribution >= 0.6 is 0 Å². The highest BCUT2D eigenvalue weighted by atomic mass is 15.4. The highest BCUT2D eigenvalue weighted by Gasteiger charge is 2.08. The van der Waals surface area contributed by atoms with E-state index in [4.69, 9.17) is 0 Å². The summed E-state index contributed by atoms with van der Waals surface area (Å²) in [6.07, 6.45) is 1.62. The summed E-state index contributed by atoms with van der Waals surface area (Å²) in [7, 11) is 0. The predicted molar refractivity (Wildman–Crippen MR) is 94.1 cm³/mol. The summed E-state index contributed by atoms with van der Waals surface area (Å²) in [5, 5.41) is 13.5. The van der Waals surface area contributed by atoms with E-state index in [1.165, 1.54) is 5.56 Å². The second kappa shape index (κ2) is 5.69. The Hall–Kier alpha value is -3.35. The molecule has 3 heterocycles. The van der Waals surface area contributed by atoms with Crippen molar-refractivity contribution in [2.75, 3.05) is 5.43 Å². The van der Waals surface area contributed by atoms with Gasteiger partial charge in [0.15, 0.2) is 5.65 Å². The van der Waals surface area contributed by atoms with Crippen LogP contribution in [0.3, 0.4) is 0 Å². The molecule has 0 aliphatic rings. The number of anilines is 1. The lowest BCUT2D eigenvalue weighted by atomic mass is 10.2. The zero-order chi connectivity index (χ0) is 16.5. The number of pyridine rings is 1. The highest BCUT2D eigenvalue weighted by molar-refractivity contribution is 6.03. The first-order valence-electron chi connectivity index (χ1n) is 7.54. The Kier molecular flexibility index (Phi) is 3.38. The summed E-state index contributed by atoms with van der Waals surface area (Å²) in [6, 6.07) is 11.9. The second-order valence-corrected chi connectivity index (χ2v) is 5.58. The van der Waals surface area contributed by atoms with E-state index in [1.54, 1.807) is 6.21 Å². The molecule has 0 bridgehead atoms. The fraction of sp³-hybridized carbons (Fsp3) is 0.118. The van der Waals surface area contributed by atoms with Crippen molar-refractivity contribution in [1.29, 1.82) is 0 Å². The fourth-order valence-electron chi connectivity index (χ4n) is 2.52. The molecular formula is C17H15N7. The average molecular weight is 317 g/mol. The predicted octanol–water partition coefficient (Wildman–Crippen LogP) is 2.96. The number of fused-ring (bicyclic) bond motifs is 3. The van der Waals surface area contributed by atoms with E-state index in [0.717, 1.165) is 27.8 Å². The molecule has 0 radical (unpaired) electrons. The number of hydrogen-bond acceptors (Lipinski definition) is 6. The minimum atomic E-state index is 0.328. The molecule has 0 aliphatic carbocycles. The number of H-pyrrole nitrogens is 1. The van der Waals surface area contributed by atoms with Gasteiger partial charge in [-0.15, -0.1) is 10.2 Å². The maximum Gasteiger partial charge on any atom is 0.265 e. The number of benzene rings is 1. The van der Waals surface area contributed by atoms with Crippen LogP contribution in [-0.4, -0.2) is 31.4 Å². The van der Waals surface area contributed by atoms with E-state index in [9.17, 15) is 0 Å². The van der Waals surface area contributed by atoms with Crippen LogP contribution in [0.5, 0.6) is 0 Å². The Balaban J connectivity index is 1.62. The summed E-state index contributed by atoms with van der Waals surface area (Å²) in [5.41, 5.74) is 8.07. The van der Waals surface area contributed by atoms with Crippen molar-refractivity contribution in [2.24, 2.45) is 5.10 Å². The summed E-state index contributed by atoms with van der Waals surface area (Å²) in [4.78, 5) is 12.0. The topological polar surface area (TPSA) is 91.7 Å². The number of aryl methyl sites for hydroxylation is 2. The number of aromatic nitrogens is 5. The van der Waals surface area contributed by atoms with Crippen molar-refractivity contribution in [2.45, 2.75) is 13.8 Å². The SMILES string of the molecule is Cc1ccc2[nH]c3nc(N/N=C/c4cccc(C)n4)nnc3c2c1. The Labute approximate surface area is 137 Å². The van der Waals surface area contributed by atoms with E-state index >= 15 is 0 Å². The van der Waals surface area contributed by atoms with E-state index in [1.807, 2.05) is 44.2 Å². The van der Waals surface area contributed by atoms with Crippen LogP contribution in [0, 0.1) is 13.8 Å². The Morgan fingerprint density at radius 1 is 1.08 bits per heavy atom. The molecular weight excluding hydrogens is 302 g/mol. The zero-order valence-corrected chi connectivity index (χ0v) is 13.3. The van der Waals surface area contributed by atoms with Gasteiger partial charge in [-0.05, 0) is 38.1 Å². The van der Waals surface area contributed by atoms with Gasteiger partial charge in [0.2, 0.25) is 0 Å². The van der Waals surface area contributed by atoms with Gasteiger partial charge >= 0.3 is 0 Å². The van der Waals surface area contributed by atoms with Gasteiger partial charge in [0.25, 0.3) is 5.95 Å². The molecule has 2 N–H and O–H groups in total. The molecule has 0 spiro atoms. The maximum absolute atomic E-state index is 4.42. The molecule has 7 nitrogen and oxygen atoms in total. The van der Waals surface area contributed by atoms with E-state index in [0.29, 0.717) is 11.6 Å². The molecule has 24 heavy (non-hydrogen) atoms.